The zero-order valence-electron chi connectivity index (χ0n) is 13.3. The summed E-state index contributed by atoms with van der Waals surface area (Å²) in [5.74, 6) is -1.18. The average Bonchev–Trinajstić information content (AvgIpc) is 2.56. The molecule has 9 heteroatoms. The Balaban J connectivity index is 1.99. The van der Waals surface area contributed by atoms with Gasteiger partial charge in [0.1, 0.15) is 0 Å². The summed E-state index contributed by atoms with van der Waals surface area (Å²) in [6.45, 7) is 0.219. The molecule has 0 spiro atoms. The molecule has 1 aromatic carbocycles. The van der Waals surface area contributed by atoms with E-state index in [1.165, 1.54) is 13.2 Å². The maximum absolute atomic E-state index is 14.2. The summed E-state index contributed by atoms with van der Waals surface area (Å²) < 4.78 is 24.5. The van der Waals surface area contributed by atoms with Crippen molar-refractivity contribution >= 4 is 34.8 Å². The van der Waals surface area contributed by atoms with E-state index < -0.39 is 11.7 Å². The Hall–Kier alpha value is -2.25. The fourth-order valence-corrected chi connectivity index (χ4v) is 2.57. The maximum Gasteiger partial charge on any atom is 0.269 e. The van der Waals surface area contributed by atoms with Crippen molar-refractivity contribution in [3.8, 4) is 11.6 Å². The summed E-state index contributed by atoms with van der Waals surface area (Å²) in [5.41, 5.74) is 11.3. The lowest BCUT2D eigenvalue weighted by atomic mass is 10.1. The van der Waals surface area contributed by atoms with Gasteiger partial charge < -0.3 is 20.9 Å². The molecule has 4 N–H and O–H groups in total. The largest absolute Gasteiger partial charge is 0.492 e. The quantitative estimate of drug-likeness (QED) is 0.710. The van der Waals surface area contributed by atoms with Gasteiger partial charge in [0.05, 0.1) is 29.4 Å². The summed E-state index contributed by atoms with van der Waals surface area (Å²) in [7, 11) is 1.35. The molecule has 1 amide bonds. The van der Waals surface area contributed by atoms with E-state index in [0.717, 1.165) is 0 Å². The van der Waals surface area contributed by atoms with E-state index in [9.17, 15) is 9.18 Å². The monoisotopic (exact) mass is 387 g/mol. The summed E-state index contributed by atoms with van der Waals surface area (Å²) in [6.07, 6.45) is 0.878. The Morgan fingerprint density at radius 3 is 2.72 bits per heavy atom. The van der Waals surface area contributed by atoms with Crippen molar-refractivity contribution in [2.75, 3.05) is 19.5 Å². The van der Waals surface area contributed by atoms with Gasteiger partial charge in [0.25, 0.3) is 5.91 Å². The summed E-state index contributed by atoms with van der Waals surface area (Å²) >= 11 is 11.7. The van der Waals surface area contributed by atoms with Crippen LogP contribution in [0.2, 0.25) is 10.0 Å². The van der Waals surface area contributed by atoms with Gasteiger partial charge in [-0.25, -0.2) is 9.37 Å². The molecule has 0 saturated carbocycles. The van der Waals surface area contributed by atoms with Crippen LogP contribution in [0, 0.1) is 5.82 Å². The number of ether oxygens (including phenoxy) is 2. The number of pyridine rings is 1. The molecular formula is C16H16Cl2FN3O3. The number of rotatable bonds is 7. The Labute approximate surface area is 153 Å². The zero-order valence-corrected chi connectivity index (χ0v) is 14.8. The molecule has 134 valence electrons. The molecule has 25 heavy (non-hydrogen) atoms. The van der Waals surface area contributed by atoms with Crippen LogP contribution in [-0.2, 0) is 6.42 Å². The molecular weight excluding hydrogens is 372 g/mol. The number of halogens is 3. The molecule has 0 radical (unpaired) electrons. The third-order valence-electron chi connectivity index (χ3n) is 3.37. The van der Waals surface area contributed by atoms with Crippen LogP contribution in [0.1, 0.15) is 22.5 Å². The second-order valence-electron chi connectivity index (χ2n) is 5.08. The highest BCUT2D eigenvalue weighted by Gasteiger charge is 2.15. The van der Waals surface area contributed by atoms with Gasteiger partial charge in [0, 0.05) is 6.07 Å². The maximum atomic E-state index is 14.2. The lowest BCUT2D eigenvalue weighted by Crippen LogP contribution is -2.15. The number of amides is 1. The molecule has 0 atom stereocenters. The van der Waals surface area contributed by atoms with E-state index in [-0.39, 0.29) is 39.7 Å². The number of nitrogen functional groups attached to an aromatic ring is 1. The third kappa shape index (κ3) is 4.43. The van der Waals surface area contributed by atoms with E-state index in [1.807, 2.05) is 0 Å². The average molecular weight is 388 g/mol. The number of hydrogen-bond donors (Lipinski definition) is 2. The molecule has 0 saturated heterocycles. The number of aryl methyl sites for hydroxylation is 1. The van der Waals surface area contributed by atoms with Crippen LogP contribution in [-0.4, -0.2) is 24.6 Å². The second-order valence-corrected chi connectivity index (χ2v) is 5.87. The molecule has 0 unspecified atom stereocenters. The van der Waals surface area contributed by atoms with Gasteiger partial charge >= 0.3 is 0 Å². The Morgan fingerprint density at radius 2 is 2.08 bits per heavy atom. The van der Waals surface area contributed by atoms with Gasteiger partial charge in [-0.05, 0) is 24.5 Å². The predicted molar refractivity (Wildman–Crippen MR) is 94.0 cm³/mol. The third-order valence-corrected chi connectivity index (χ3v) is 4.06. The van der Waals surface area contributed by atoms with Gasteiger partial charge in [-0.15, -0.1) is 0 Å². The summed E-state index contributed by atoms with van der Waals surface area (Å²) in [4.78, 5) is 15.2. The Kier molecular flexibility index (Phi) is 6.27. The lowest BCUT2D eigenvalue weighted by Gasteiger charge is -2.11. The normalized spacial score (nSPS) is 10.6. The molecule has 0 aliphatic carbocycles. The van der Waals surface area contributed by atoms with Crippen molar-refractivity contribution in [2.45, 2.75) is 12.8 Å². The molecule has 0 aliphatic heterocycles. The van der Waals surface area contributed by atoms with Crippen molar-refractivity contribution in [3.05, 3.63) is 45.3 Å². The molecule has 0 bridgehead atoms. The molecule has 2 rings (SSSR count). The van der Waals surface area contributed by atoms with Crippen molar-refractivity contribution < 1.29 is 18.7 Å². The van der Waals surface area contributed by atoms with Gasteiger partial charge in [0.2, 0.25) is 5.88 Å². The van der Waals surface area contributed by atoms with E-state index in [4.69, 9.17) is 44.1 Å². The van der Waals surface area contributed by atoms with Crippen molar-refractivity contribution in [1.29, 1.82) is 0 Å². The van der Waals surface area contributed by atoms with Crippen LogP contribution in [0.5, 0.6) is 11.6 Å². The first-order valence-electron chi connectivity index (χ1n) is 7.24. The summed E-state index contributed by atoms with van der Waals surface area (Å²) in [6, 6.07) is 4.55. The number of primary amides is 1. The number of carbonyl (C=O) groups is 1. The first-order chi connectivity index (χ1) is 11.8. The van der Waals surface area contributed by atoms with Crippen LogP contribution in [0.25, 0.3) is 0 Å². The van der Waals surface area contributed by atoms with Crippen LogP contribution in [0.4, 0.5) is 10.1 Å². The molecule has 1 heterocycles. The SMILES string of the molecule is COc1c(Cl)ccc(CCCOc2cc(N)c(Cl)c(C(N)=O)n2)c1F. The van der Waals surface area contributed by atoms with E-state index in [1.54, 1.807) is 12.1 Å². The Bertz CT molecular complexity index is 803. The summed E-state index contributed by atoms with van der Waals surface area (Å²) in [5, 5.41) is 0.190. The fourth-order valence-electron chi connectivity index (χ4n) is 2.15. The lowest BCUT2D eigenvalue weighted by molar-refractivity contribution is 0.0994. The number of hydrogen-bond acceptors (Lipinski definition) is 5. The van der Waals surface area contributed by atoms with Gasteiger partial charge in [-0.3, -0.25) is 4.79 Å². The molecule has 1 aromatic heterocycles. The smallest absolute Gasteiger partial charge is 0.269 e. The first kappa shape index (κ1) is 19.1. The van der Waals surface area contributed by atoms with Crippen LogP contribution in [0.15, 0.2) is 18.2 Å². The van der Waals surface area contributed by atoms with Crippen molar-refractivity contribution in [3.63, 3.8) is 0 Å². The molecule has 6 nitrogen and oxygen atoms in total. The predicted octanol–water partition coefficient (Wildman–Crippen LogP) is 3.23. The number of nitrogens with zero attached hydrogens (tertiary/aromatic N) is 1. The number of aromatic nitrogens is 1. The Morgan fingerprint density at radius 1 is 1.36 bits per heavy atom. The second kappa shape index (κ2) is 8.22. The first-order valence-corrected chi connectivity index (χ1v) is 8.00. The standard InChI is InChI=1S/C16H16Cl2FN3O3/c1-24-15-9(17)5-4-8(13(15)19)3-2-6-25-11-7-10(20)12(18)14(22-11)16(21)23/h4-5,7H,2-3,6H2,1H3,(H2,20,22)(H2,21,23). The van der Waals surface area contributed by atoms with E-state index in [0.29, 0.717) is 18.4 Å². The minimum absolute atomic E-state index is 0.0123. The van der Waals surface area contributed by atoms with Crippen molar-refractivity contribution in [1.82, 2.24) is 4.98 Å². The molecule has 2 aromatic rings. The van der Waals surface area contributed by atoms with Crippen molar-refractivity contribution in [2.24, 2.45) is 5.73 Å². The highest BCUT2D eigenvalue weighted by molar-refractivity contribution is 6.35. The minimum Gasteiger partial charge on any atom is -0.492 e. The van der Waals surface area contributed by atoms with Gasteiger partial charge in [-0.2, -0.15) is 0 Å². The zero-order chi connectivity index (χ0) is 18.6. The topological polar surface area (TPSA) is 100 Å². The highest BCUT2D eigenvalue weighted by Crippen LogP contribution is 2.30. The van der Waals surface area contributed by atoms with Crippen LogP contribution < -0.4 is 20.9 Å². The number of nitrogens with two attached hydrogens (primary N) is 2. The van der Waals surface area contributed by atoms with Gasteiger partial charge in [-0.1, -0.05) is 29.3 Å². The minimum atomic E-state index is -0.808. The molecule has 0 aliphatic rings. The molecule has 0 fully saturated rings. The van der Waals surface area contributed by atoms with Crippen LogP contribution in [0.3, 0.4) is 0 Å². The number of methoxy groups -OCH3 is 1. The highest BCUT2D eigenvalue weighted by atomic mass is 35.5. The fraction of sp³-hybridized carbons (Fsp3) is 0.250. The van der Waals surface area contributed by atoms with Crippen LogP contribution >= 0.6 is 23.2 Å². The van der Waals surface area contributed by atoms with E-state index >= 15 is 0 Å². The number of carbonyl (C=O) groups excluding carboxylic acids is 1. The number of anilines is 1. The van der Waals surface area contributed by atoms with E-state index in [2.05, 4.69) is 4.98 Å². The number of benzene rings is 1. The van der Waals surface area contributed by atoms with Gasteiger partial charge in [0.15, 0.2) is 17.3 Å².